The standard InChI is InChI=1S/C16H16N2O.C2H6/c1-4-12-10-11-13-8-6-7-9-15(13)18(14(12)5-2)16(19)17-3;1-2/h4-11H,1-2H2,3H3,(H,17,19);1-2H3. The van der Waals surface area contributed by atoms with Gasteiger partial charge >= 0.3 is 6.03 Å². The van der Waals surface area contributed by atoms with Gasteiger partial charge in [-0.05, 0) is 23.3 Å². The predicted octanol–water partition coefficient (Wildman–Crippen LogP) is 4.51. The predicted molar refractivity (Wildman–Crippen MR) is 91.2 cm³/mol. The molecule has 1 aliphatic heterocycles. The number of amides is 2. The van der Waals surface area contributed by atoms with E-state index in [4.69, 9.17) is 0 Å². The third-order valence-corrected chi connectivity index (χ3v) is 2.99. The first-order valence-electron chi connectivity index (χ1n) is 7.01. The van der Waals surface area contributed by atoms with E-state index < -0.39 is 0 Å². The first-order valence-corrected chi connectivity index (χ1v) is 7.01. The van der Waals surface area contributed by atoms with E-state index in [2.05, 4.69) is 18.5 Å². The van der Waals surface area contributed by atoms with Gasteiger partial charge in [0.1, 0.15) is 0 Å². The van der Waals surface area contributed by atoms with E-state index in [1.807, 2.05) is 50.3 Å². The maximum atomic E-state index is 12.2. The van der Waals surface area contributed by atoms with Crippen molar-refractivity contribution in [1.29, 1.82) is 0 Å². The summed E-state index contributed by atoms with van der Waals surface area (Å²) in [6.45, 7) is 11.6. The molecule has 0 saturated heterocycles. The van der Waals surface area contributed by atoms with Gasteiger partial charge in [0, 0.05) is 7.05 Å². The number of allylic oxidation sites excluding steroid dienone is 4. The summed E-state index contributed by atoms with van der Waals surface area (Å²) in [5, 5.41) is 2.66. The quantitative estimate of drug-likeness (QED) is 0.850. The Balaban J connectivity index is 0.00000106. The van der Waals surface area contributed by atoms with Crippen molar-refractivity contribution in [3.8, 4) is 0 Å². The fourth-order valence-corrected chi connectivity index (χ4v) is 2.07. The molecular formula is C18H22N2O. The number of carbonyl (C=O) groups excluding carboxylic acids is 1. The topological polar surface area (TPSA) is 32.3 Å². The molecule has 0 aromatic heterocycles. The van der Waals surface area contributed by atoms with Crippen molar-refractivity contribution >= 4 is 17.8 Å². The molecule has 21 heavy (non-hydrogen) atoms. The number of nitrogens with one attached hydrogen (secondary N) is 1. The monoisotopic (exact) mass is 282 g/mol. The molecule has 0 atom stereocenters. The summed E-state index contributed by atoms with van der Waals surface area (Å²) in [5.41, 5.74) is 3.37. The molecule has 1 aromatic carbocycles. The highest BCUT2D eigenvalue weighted by Crippen LogP contribution is 2.31. The van der Waals surface area contributed by atoms with Gasteiger partial charge in [-0.1, -0.05) is 63.4 Å². The van der Waals surface area contributed by atoms with Gasteiger partial charge in [-0.25, -0.2) is 4.79 Å². The Morgan fingerprint density at radius 3 is 2.38 bits per heavy atom. The molecule has 0 fully saturated rings. The molecule has 2 amide bonds. The average Bonchev–Trinajstić information content (AvgIpc) is 2.72. The number of para-hydroxylation sites is 1. The van der Waals surface area contributed by atoms with E-state index in [1.165, 1.54) is 0 Å². The Bertz CT molecular complexity index is 597. The molecule has 1 heterocycles. The molecule has 0 radical (unpaired) electrons. The van der Waals surface area contributed by atoms with Crippen LogP contribution in [0.25, 0.3) is 6.08 Å². The molecule has 1 N–H and O–H groups in total. The summed E-state index contributed by atoms with van der Waals surface area (Å²) in [4.78, 5) is 13.8. The minimum Gasteiger partial charge on any atom is -0.340 e. The maximum absolute atomic E-state index is 12.2. The van der Waals surface area contributed by atoms with Crippen molar-refractivity contribution in [3.63, 3.8) is 0 Å². The van der Waals surface area contributed by atoms with E-state index in [9.17, 15) is 4.79 Å². The fraction of sp³-hybridized carbons (Fsp3) is 0.167. The summed E-state index contributed by atoms with van der Waals surface area (Å²) in [6, 6.07) is 7.52. The number of hydrogen-bond acceptors (Lipinski definition) is 1. The van der Waals surface area contributed by atoms with Gasteiger partial charge < -0.3 is 5.32 Å². The lowest BCUT2D eigenvalue weighted by atomic mass is 10.1. The zero-order chi connectivity index (χ0) is 15.8. The minimum absolute atomic E-state index is 0.203. The zero-order valence-electron chi connectivity index (χ0n) is 12.9. The van der Waals surface area contributed by atoms with Crippen molar-refractivity contribution in [2.45, 2.75) is 13.8 Å². The third-order valence-electron chi connectivity index (χ3n) is 2.99. The number of carbonyl (C=O) groups is 1. The number of anilines is 1. The van der Waals surface area contributed by atoms with Crippen LogP contribution in [0, 0.1) is 0 Å². The molecule has 3 heteroatoms. The second-order valence-electron chi connectivity index (χ2n) is 4.03. The SMILES string of the molecule is C=CC1=C(C=C)N(C(=O)NC)c2ccccc2C=C1.CC. The lowest BCUT2D eigenvalue weighted by Gasteiger charge is -2.24. The van der Waals surface area contributed by atoms with Gasteiger partial charge in [0.25, 0.3) is 0 Å². The highest BCUT2D eigenvalue weighted by Gasteiger charge is 2.22. The number of rotatable bonds is 2. The van der Waals surface area contributed by atoms with E-state index in [0.29, 0.717) is 0 Å². The summed E-state index contributed by atoms with van der Waals surface area (Å²) in [6.07, 6.45) is 7.29. The molecule has 1 aromatic rings. The van der Waals surface area contributed by atoms with Crippen molar-refractivity contribution in [2.75, 3.05) is 11.9 Å². The van der Waals surface area contributed by atoms with Crippen LogP contribution in [0.5, 0.6) is 0 Å². The summed E-state index contributed by atoms with van der Waals surface area (Å²) in [5.74, 6) is 0. The van der Waals surface area contributed by atoms with Gasteiger partial charge in [0.05, 0.1) is 11.4 Å². The van der Waals surface area contributed by atoms with Crippen LogP contribution in [-0.2, 0) is 0 Å². The van der Waals surface area contributed by atoms with E-state index >= 15 is 0 Å². The molecule has 0 bridgehead atoms. The normalized spacial score (nSPS) is 12.6. The average molecular weight is 282 g/mol. The van der Waals surface area contributed by atoms with Crippen LogP contribution in [0.15, 0.2) is 66.9 Å². The molecular weight excluding hydrogens is 260 g/mol. The highest BCUT2D eigenvalue weighted by molar-refractivity contribution is 5.99. The van der Waals surface area contributed by atoms with Gasteiger partial charge in [-0.2, -0.15) is 0 Å². The van der Waals surface area contributed by atoms with Crippen molar-refractivity contribution in [1.82, 2.24) is 5.32 Å². The highest BCUT2D eigenvalue weighted by atomic mass is 16.2. The smallest absolute Gasteiger partial charge is 0.326 e. The Labute approximate surface area is 127 Å². The first-order chi connectivity index (χ1) is 10.2. The van der Waals surface area contributed by atoms with Crippen LogP contribution in [0.4, 0.5) is 10.5 Å². The largest absolute Gasteiger partial charge is 0.340 e. The van der Waals surface area contributed by atoms with Gasteiger partial charge in [0.2, 0.25) is 0 Å². The van der Waals surface area contributed by atoms with Crippen molar-refractivity contribution in [3.05, 3.63) is 72.5 Å². The summed E-state index contributed by atoms with van der Waals surface area (Å²) < 4.78 is 0. The Morgan fingerprint density at radius 1 is 1.14 bits per heavy atom. The van der Waals surface area contributed by atoms with Gasteiger partial charge in [0.15, 0.2) is 0 Å². The van der Waals surface area contributed by atoms with Crippen LogP contribution in [0.2, 0.25) is 0 Å². The molecule has 110 valence electrons. The molecule has 0 aliphatic carbocycles. The number of nitrogens with zero attached hydrogens (tertiary/aromatic N) is 1. The van der Waals surface area contributed by atoms with Crippen molar-refractivity contribution in [2.24, 2.45) is 0 Å². The fourth-order valence-electron chi connectivity index (χ4n) is 2.07. The molecule has 2 rings (SSSR count). The lowest BCUT2D eigenvalue weighted by Crippen LogP contribution is -2.37. The van der Waals surface area contributed by atoms with Gasteiger partial charge in [-0.15, -0.1) is 0 Å². The van der Waals surface area contributed by atoms with E-state index in [1.54, 1.807) is 24.1 Å². The zero-order valence-corrected chi connectivity index (χ0v) is 12.9. The summed E-state index contributed by atoms with van der Waals surface area (Å²) >= 11 is 0. The Hall–Kier alpha value is -2.55. The van der Waals surface area contributed by atoms with E-state index in [0.717, 1.165) is 22.5 Å². The number of urea groups is 1. The van der Waals surface area contributed by atoms with E-state index in [-0.39, 0.29) is 6.03 Å². The Morgan fingerprint density at radius 2 is 1.81 bits per heavy atom. The van der Waals surface area contributed by atoms with Gasteiger partial charge in [-0.3, -0.25) is 4.90 Å². The second-order valence-corrected chi connectivity index (χ2v) is 4.03. The maximum Gasteiger partial charge on any atom is 0.326 e. The summed E-state index contributed by atoms with van der Waals surface area (Å²) in [7, 11) is 1.61. The molecule has 0 unspecified atom stereocenters. The van der Waals surface area contributed by atoms with Crippen LogP contribution >= 0.6 is 0 Å². The number of hydrogen-bond donors (Lipinski definition) is 1. The number of benzene rings is 1. The second kappa shape index (κ2) is 7.90. The number of fused-ring (bicyclic) bond motifs is 1. The molecule has 1 aliphatic rings. The Kier molecular flexibility index (Phi) is 6.21. The molecule has 0 saturated carbocycles. The van der Waals surface area contributed by atoms with Crippen LogP contribution < -0.4 is 10.2 Å². The van der Waals surface area contributed by atoms with Crippen LogP contribution in [-0.4, -0.2) is 13.1 Å². The molecule has 3 nitrogen and oxygen atoms in total. The lowest BCUT2D eigenvalue weighted by molar-refractivity contribution is 0.250. The van der Waals surface area contributed by atoms with Crippen LogP contribution in [0.3, 0.4) is 0 Å². The van der Waals surface area contributed by atoms with Crippen molar-refractivity contribution < 1.29 is 4.79 Å². The third kappa shape index (κ3) is 3.31. The van der Waals surface area contributed by atoms with Crippen LogP contribution in [0.1, 0.15) is 19.4 Å². The molecule has 0 spiro atoms. The first kappa shape index (κ1) is 16.5. The minimum atomic E-state index is -0.203.